The summed E-state index contributed by atoms with van der Waals surface area (Å²) in [6.45, 7) is 31.2. The van der Waals surface area contributed by atoms with E-state index in [2.05, 4.69) is 64.1 Å². The fourth-order valence-electron chi connectivity index (χ4n) is 15.9. The molecule has 0 spiro atoms. The first-order valence-electron chi connectivity index (χ1n) is 45.0. The van der Waals surface area contributed by atoms with E-state index in [-0.39, 0.29) is 178 Å². The quantitative estimate of drug-likeness (QED) is 0.0227. The molecule has 7 N–H and O–H groups in total. The van der Waals surface area contributed by atoms with Gasteiger partial charge in [-0.05, 0) is 81.2 Å². The lowest BCUT2D eigenvalue weighted by atomic mass is 9.80. The highest BCUT2D eigenvalue weighted by Crippen LogP contribution is 2.36. The number of aliphatic hydroxyl groups excluding tert-OH is 1. The second-order valence-electron chi connectivity index (χ2n) is 35.0. The standard InChI is InChI=1S/C58H86N6O9S.C31H54N6O11.C4H10/c1-13-40(7)53(50(72-12)35-51(68)64-26-17-20-47(64)46(36-65)41(8)48(66)33-44(55-59-25-31-74-55)32-42-18-15-14-16-19-42)61(10)56(69)45(37(2)3)34-49(67)52(38(4)5)62(11)58(71)73-54(43-23-21-39(6)22-24-43)57(70)63-29-27-60(9)28-30-63;1-22(2)29(24(38)21-23(30(43)33-3)5-4-10-35-31(32)44)36-26(40)9-13-45-15-17-47-19-20-48-18-16-46-14-11-34-25(39)8-12-37-27(41)6-7-28(37)42;1-4(2)3/h14-16,18-19,21-25,31,37-38,40-41,44-47,50,52-54,65H,13,17,20,26-30,32-36H2,1-12H3;22-23,29H,4-21H2,1-3H3,(H,33,43)(H,34,39)(H,36,40)(H3,32,35,44);4H,1-3H3/t40-,41+,44+,45-,46+,47-,50+,52-,53-,54?;23-,29+;/m01./s1. The minimum atomic E-state index is -1.21. The normalized spacial score (nSPS) is 16.8. The fourth-order valence-corrected chi connectivity index (χ4v) is 16.6. The maximum Gasteiger partial charge on any atom is 0.411 e. The Hall–Kier alpha value is -8.70. The fraction of sp³-hybridized carbons (Fsp3) is 0.699. The smallest absolute Gasteiger partial charge is 0.411 e. The lowest BCUT2D eigenvalue weighted by molar-refractivity contribution is -0.148. The van der Waals surface area contributed by atoms with Gasteiger partial charge in [-0.25, -0.2) is 14.6 Å². The first-order valence-corrected chi connectivity index (χ1v) is 45.9. The van der Waals surface area contributed by atoms with Gasteiger partial charge in [0.05, 0.1) is 88.5 Å². The summed E-state index contributed by atoms with van der Waals surface area (Å²) in [5.41, 5.74) is 7.70. The highest BCUT2D eigenvalue weighted by atomic mass is 32.1. The molecule has 3 aliphatic heterocycles. The zero-order chi connectivity index (χ0) is 93.7. The summed E-state index contributed by atoms with van der Waals surface area (Å²) in [6, 6.07) is 14.1. The largest absolute Gasteiger partial charge is 0.431 e. The number of carbonyl (C=O) groups is 13. The van der Waals surface area contributed by atoms with Crippen molar-refractivity contribution in [2.45, 2.75) is 222 Å². The summed E-state index contributed by atoms with van der Waals surface area (Å²) < 4.78 is 33.9. The number of aryl methyl sites for hydroxylation is 1. The topological polar surface area (TPSA) is 404 Å². The molecule has 3 fully saturated rings. The van der Waals surface area contributed by atoms with Crippen molar-refractivity contribution in [2.75, 3.05) is 147 Å². The number of amides is 11. The van der Waals surface area contributed by atoms with Crippen LogP contribution in [0, 0.1) is 60.2 Å². The van der Waals surface area contributed by atoms with Gasteiger partial charge in [0.15, 0.2) is 11.6 Å². The first-order chi connectivity index (χ1) is 59.9. The van der Waals surface area contributed by atoms with E-state index in [9.17, 15) is 67.4 Å². The SMILES string of the molecule is CC(C)C.CC[C@H](C)[C@@H]([C@@H](CC(=O)N1CCC[C@H]1[C@H](CO)[C@@H](C)C(=O)C[C@@H](Cc1ccccc1)c1nccs1)OC)N(C)C(=O)[C@@H](CC(=O)[C@H](C(C)C)N(C)C(=O)OC(C(=O)N1CCN(C)CC1)c1ccc(C)cc1)C(C)C.CNC(=O)[C@H](CCCNC(N)=O)CC(=O)[C@@H](NC(=O)CCOCCOCCOCCOCCNC(=O)CCN1C(=O)CCC1=O)C(C)C. The number of aliphatic hydroxyl groups is 1. The van der Waals surface area contributed by atoms with Crippen LogP contribution in [0.25, 0.3) is 0 Å². The van der Waals surface area contributed by atoms with Crippen LogP contribution < -0.4 is 27.0 Å². The number of benzene rings is 2. The van der Waals surface area contributed by atoms with E-state index >= 15 is 0 Å². The number of Topliss-reactive ketones (excluding diaryl/α,β-unsaturated/α-hetero) is 3. The van der Waals surface area contributed by atoms with Crippen molar-refractivity contribution in [3.63, 3.8) is 0 Å². The van der Waals surface area contributed by atoms with Crippen LogP contribution in [0.2, 0.25) is 0 Å². The van der Waals surface area contributed by atoms with Crippen LogP contribution in [0.3, 0.4) is 0 Å². The Labute approximate surface area is 752 Å². The lowest BCUT2D eigenvalue weighted by Gasteiger charge is -2.41. The number of likely N-dealkylation sites (N-methyl/N-ethyl adjacent to an activating group) is 3. The molecule has 4 heterocycles. The average molecular weight is 1790 g/mol. The summed E-state index contributed by atoms with van der Waals surface area (Å²) in [6.07, 6.45) is 3.16. The molecule has 12 atom stereocenters. The Balaban J connectivity index is 0.000000552. The number of nitrogens with one attached hydrogen (secondary N) is 4. The Kier molecular flexibility index (Phi) is 51.1. The molecule has 11 amide bonds. The second kappa shape index (κ2) is 58.7. The lowest BCUT2D eigenvalue weighted by Crippen LogP contribution is -2.54. The molecule has 3 saturated heterocycles. The number of rotatable bonds is 54. The van der Waals surface area contributed by atoms with Crippen LogP contribution in [0.15, 0.2) is 66.2 Å². The molecule has 2 aromatic carbocycles. The van der Waals surface area contributed by atoms with Gasteiger partial charge in [-0.3, -0.25) is 57.6 Å². The number of ether oxygens (including phenoxy) is 6. The van der Waals surface area contributed by atoms with Gasteiger partial charge in [0.1, 0.15) is 5.78 Å². The van der Waals surface area contributed by atoms with Crippen LogP contribution in [0.5, 0.6) is 0 Å². The number of hydrogen-bond acceptors (Lipinski definition) is 23. The Morgan fingerprint density at radius 3 is 1.83 bits per heavy atom. The molecule has 126 heavy (non-hydrogen) atoms. The van der Waals surface area contributed by atoms with Crippen LogP contribution in [-0.4, -0.2) is 294 Å². The monoisotopic (exact) mass is 1790 g/mol. The van der Waals surface area contributed by atoms with Crippen molar-refractivity contribution in [3.8, 4) is 0 Å². The molecule has 708 valence electrons. The molecule has 3 aliphatic rings. The summed E-state index contributed by atoms with van der Waals surface area (Å²) in [7, 11) is 8.26. The molecule has 1 unspecified atom stereocenters. The molecule has 0 bridgehead atoms. The third-order valence-electron chi connectivity index (χ3n) is 23.3. The Morgan fingerprint density at radius 1 is 0.683 bits per heavy atom. The van der Waals surface area contributed by atoms with E-state index in [0.717, 1.165) is 33.4 Å². The van der Waals surface area contributed by atoms with Crippen LogP contribution in [-0.2, 0) is 87.6 Å². The summed E-state index contributed by atoms with van der Waals surface area (Å²) in [5, 5.41) is 24.2. The van der Waals surface area contributed by atoms with Gasteiger partial charge < -0.3 is 85.0 Å². The van der Waals surface area contributed by atoms with Gasteiger partial charge in [0, 0.05) is 185 Å². The van der Waals surface area contributed by atoms with E-state index in [1.807, 2.05) is 117 Å². The predicted octanol–water partition coefficient (Wildman–Crippen LogP) is 8.76. The highest BCUT2D eigenvalue weighted by Gasteiger charge is 2.45. The first kappa shape index (κ1) is 110. The molecule has 3 aromatic rings. The number of primary amides is 1. The number of nitrogens with two attached hydrogens (primary N) is 1. The molecule has 0 aliphatic carbocycles. The molecular formula is C93H150N12O20S. The van der Waals surface area contributed by atoms with Gasteiger partial charge in [0.2, 0.25) is 47.5 Å². The van der Waals surface area contributed by atoms with E-state index < -0.39 is 66.1 Å². The third kappa shape index (κ3) is 37.9. The Morgan fingerprint density at radius 2 is 1.29 bits per heavy atom. The van der Waals surface area contributed by atoms with E-state index in [4.69, 9.17) is 34.2 Å². The molecule has 1 aromatic heterocycles. The molecule has 6 rings (SSSR count). The van der Waals surface area contributed by atoms with Gasteiger partial charge >= 0.3 is 12.1 Å². The van der Waals surface area contributed by atoms with Crippen molar-refractivity contribution < 1.29 is 95.9 Å². The number of thiazole rings is 1. The average Bonchev–Trinajstić information content (AvgIpc) is 1.67. The number of imide groups is 1. The molecular weight excluding hydrogens is 1640 g/mol. The van der Waals surface area contributed by atoms with E-state index in [1.54, 1.807) is 42.3 Å². The number of hydrogen-bond donors (Lipinski definition) is 6. The molecule has 0 saturated carbocycles. The zero-order valence-electron chi connectivity index (χ0n) is 78.3. The van der Waals surface area contributed by atoms with Crippen molar-refractivity contribution in [1.29, 1.82) is 0 Å². The summed E-state index contributed by atoms with van der Waals surface area (Å²) >= 11 is 1.53. The number of aromatic nitrogens is 1. The number of urea groups is 1. The summed E-state index contributed by atoms with van der Waals surface area (Å²) in [4.78, 5) is 184. The van der Waals surface area contributed by atoms with Gasteiger partial charge in [-0.1, -0.05) is 150 Å². The van der Waals surface area contributed by atoms with Crippen molar-refractivity contribution in [1.82, 2.24) is 55.7 Å². The molecule has 0 radical (unpaired) electrons. The van der Waals surface area contributed by atoms with Gasteiger partial charge in [-0.2, -0.15) is 0 Å². The number of ketones is 3. The van der Waals surface area contributed by atoms with E-state index in [0.29, 0.717) is 123 Å². The third-order valence-corrected chi connectivity index (χ3v) is 24.2. The number of carbonyl (C=O) groups excluding carboxylic acids is 13. The van der Waals surface area contributed by atoms with Crippen LogP contribution in [0.4, 0.5) is 9.59 Å². The number of methoxy groups -OCH3 is 1. The van der Waals surface area contributed by atoms with Crippen LogP contribution in [0.1, 0.15) is 200 Å². The van der Waals surface area contributed by atoms with Crippen molar-refractivity contribution in [2.24, 2.45) is 59.0 Å². The zero-order valence-corrected chi connectivity index (χ0v) is 79.1. The molecule has 33 heteroatoms. The number of nitrogens with zero attached hydrogens (tertiary/aromatic N) is 7. The Bertz CT molecular complexity index is 3790. The van der Waals surface area contributed by atoms with Gasteiger partial charge in [0.25, 0.3) is 5.91 Å². The van der Waals surface area contributed by atoms with Crippen molar-refractivity contribution >= 4 is 88.1 Å². The highest BCUT2D eigenvalue weighted by molar-refractivity contribution is 7.09. The number of piperazine rings is 1. The van der Waals surface area contributed by atoms with E-state index in [1.165, 1.54) is 30.3 Å². The predicted molar refractivity (Wildman–Crippen MR) is 482 cm³/mol. The summed E-state index contributed by atoms with van der Waals surface area (Å²) in [5.74, 6) is -5.20. The number of likely N-dealkylation sites (tertiary alicyclic amines) is 2. The van der Waals surface area contributed by atoms with Crippen molar-refractivity contribution in [3.05, 3.63) is 87.9 Å². The van der Waals surface area contributed by atoms with Crippen LogP contribution >= 0.6 is 11.3 Å². The minimum Gasteiger partial charge on any atom is -0.431 e. The minimum absolute atomic E-state index is 0.0238. The maximum absolute atomic E-state index is 14.9. The van der Waals surface area contributed by atoms with Gasteiger partial charge in [-0.15, -0.1) is 11.3 Å². The second-order valence-corrected chi connectivity index (χ2v) is 35.9. The molecule has 32 nitrogen and oxygen atoms in total. The maximum atomic E-state index is 14.9.